The van der Waals surface area contributed by atoms with E-state index in [1.807, 2.05) is 37.0 Å². The number of anilines is 1. The highest BCUT2D eigenvalue weighted by Gasteiger charge is 2.22. The molecule has 1 aliphatic heterocycles. The first-order chi connectivity index (χ1) is 11.7. The van der Waals surface area contributed by atoms with Gasteiger partial charge in [0.05, 0.1) is 10.7 Å². The molecule has 0 radical (unpaired) electrons. The smallest absolute Gasteiger partial charge is 0.191 e. The molecule has 0 aliphatic carbocycles. The van der Waals surface area contributed by atoms with Gasteiger partial charge in [-0.3, -0.25) is 4.99 Å². The average molecular weight is 497 g/mol. The summed E-state index contributed by atoms with van der Waals surface area (Å²) in [5.41, 5.74) is 1.13. The molecule has 4 nitrogen and oxygen atoms in total. The van der Waals surface area contributed by atoms with Crippen LogP contribution >= 0.6 is 47.3 Å². The molecule has 0 aromatic heterocycles. The molecule has 1 aromatic carbocycles. The molecular formula is C18H30ClIN4S. The quantitative estimate of drug-likeness (QED) is 0.256. The number of rotatable bonds is 7. The second-order valence-corrected chi connectivity index (χ2v) is 7.47. The van der Waals surface area contributed by atoms with Gasteiger partial charge < -0.3 is 15.5 Å². The Bertz CT molecular complexity index is 530. The Kier molecular flexibility index (Phi) is 11.7. The van der Waals surface area contributed by atoms with Crippen LogP contribution < -0.4 is 15.5 Å². The van der Waals surface area contributed by atoms with Crippen molar-refractivity contribution in [3.05, 3.63) is 29.3 Å². The third-order valence-electron chi connectivity index (χ3n) is 4.25. The lowest BCUT2D eigenvalue weighted by Gasteiger charge is -2.35. The molecule has 0 bridgehead atoms. The van der Waals surface area contributed by atoms with E-state index in [9.17, 15) is 0 Å². The third kappa shape index (κ3) is 7.83. The van der Waals surface area contributed by atoms with Crippen molar-refractivity contribution in [1.82, 2.24) is 10.6 Å². The van der Waals surface area contributed by atoms with Crippen LogP contribution in [0.15, 0.2) is 29.3 Å². The van der Waals surface area contributed by atoms with Crippen molar-refractivity contribution in [2.45, 2.75) is 31.7 Å². The molecular weight excluding hydrogens is 467 g/mol. The van der Waals surface area contributed by atoms with Gasteiger partial charge in [0.25, 0.3) is 0 Å². The summed E-state index contributed by atoms with van der Waals surface area (Å²) in [4.78, 5) is 6.73. The van der Waals surface area contributed by atoms with Crippen molar-refractivity contribution in [3.8, 4) is 0 Å². The van der Waals surface area contributed by atoms with Crippen molar-refractivity contribution in [2.75, 3.05) is 43.6 Å². The van der Waals surface area contributed by atoms with Crippen LogP contribution in [0.25, 0.3) is 0 Å². The summed E-state index contributed by atoms with van der Waals surface area (Å²) in [7, 11) is 1.84. The normalized spacial score (nSPS) is 17.8. The highest BCUT2D eigenvalue weighted by Crippen LogP contribution is 2.27. The summed E-state index contributed by atoms with van der Waals surface area (Å²) in [6.07, 6.45) is 6.90. The van der Waals surface area contributed by atoms with E-state index in [-0.39, 0.29) is 24.0 Å². The van der Waals surface area contributed by atoms with Gasteiger partial charge in [-0.1, -0.05) is 23.7 Å². The molecule has 0 spiro atoms. The van der Waals surface area contributed by atoms with E-state index in [1.165, 1.54) is 18.6 Å². The second-order valence-electron chi connectivity index (χ2n) is 6.08. The fraction of sp³-hybridized carbons (Fsp3) is 0.611. The van der Waals surface area contributed by atoms with Gasteiger partial charge in [-0.15, -0.1) is 24.0 Å². The van der Waals surface area contributed by atoms with Crippen LogP contribution in [0.4, 0.5) is 5.69 Å². The maximum Gasteiger partial charge on any atom is 0.191 e. The van der Waals surface area contributed by atoms with Gasteiger partial charge in [0.1, 0.15) is 0 Å². The zero-order chi connectivity index (χ0) is 17.2. The van der Waals surface area contributed by atoms with E-state index in [2.05, 4.69) is 32.8 Å². The Labute approximate surface area is 178 Å². The number of unbranched alkanes of at least 4 members (excludes halogenated alkanes) is 1. The minimum absolute atomic E-state index is 0. The fourth-order valence-electron chi connectivity index (χ4n) is 2.99. The summed E-state index contributed by atoms with van der Waals surface area (Å²) < 4.78 is 0. The number of nitrogens with zero attached hydrogens (tertiary/aromatic N) is 2. The van der Waals surface area contributed by atoms with Crippen LogP contribution in [0.3, 0.4) is 0 Å². The van der Waals surface area contributed by atoms with E-state index < -0.39 is 0 Å². The van der Waals surface area contributed by atoms with Gasteiger partial charge in [-0.05, 0) is 49.8 Å². The third-order valence-corrected chi connectivity index (χ3v) is 5.26. The minimum Gasteiger partial charge on any atom is -0.368 e. The van der Waals surface area contributed by atoms with Crippen molar-refractivity contribution in [3.63, 3.8) is 0 Å². The predicted molar refractivity (Wildman–Crippen MR) is 124 cm³/mol. The van der Waals surface area contributed by atoms with Crippen LogP contribution in [-0.4, -0.2) is 50.7 Å². The standard InChI is InChI=1S/C18H29ClN4S.HI/c1-20-18(21-11-5-6-13-24-2)22-15-8-7-12-23(14-15)17-10-4-3-9-16(17)19;/h3-4,9-10,15H,5-8,11-14H2,1-2H3,(H2,20,21,22);1H. The molecule has 1 unspecified atom stereocenters. The number of para-hydroxylation sites is 1. The number of hydrogen-bond acceptors (Lipinski definition) is 3. The molecule has 0 amide bonds. The number of benzene rings is 1. The largest absolute Gasteiger partial charge is 0.368 e. The number of guanidine groups is 1. The number of aliphatic imine (C=N–C) groups is 1. The van der Waals surface area contributed by atoms with Crippen molar-refractivity contribution in [1.29, 1.82) is 0 Å². The summed E-state index contributed by atoms with van der Waals surface area (Å²) in [5, 5.41) is 7.82. The Morgan fingerprint density at radius 1 is 1.36 bits per heavy atom. The van der Waals surface area contributed by atoms with E-state index in [0.717, 1.165) is 49.1 Å². The highest BCUT2D eigenvalue weighted by molar-refractivity contribution is 14.0. The zero-order valence-corrected chi connectivity index (χ0v) is 19.0. The van der Waals surface area contributed by atoms with Crippen LogP contribution in [0.5, 0.6) is 0 Å². The number of hydrogen-bond donors (Lipinski definition) is 2. The van der Waals surface area contributed by atoms with Gasteiger partial charge in [0.2, 0.25) is 0 Å². The van der Waals surface area contributed by atoms with Crippen LogP contribution in [0.1, 0.15) is 25.7 Å². The Morgan fingerprint density at radius 2 is 2.16 bits per heavy atom. The van der Waals surface area contributed by atoms with Crippen molar-refractivity contribution < 1.29 is 0 Å². The zero-order valence-electron chi connectivity index (χ0n) is 15.1. The van der Waals surface area contributed by atoms with E-state index >= 15 is 0 Å². The molecule has 2 N–H and O–H groups in total. The molecule has 1 aromatic rings. The first-order valence-electron chi connectivity index (χ1n) is 8.70. The average Bonchev–Trinajstić information content (AvgIpc) is 2.61. The van der Waals surface area contributed by atoms with E-state index in [0.29, 0.717) is 6.04 Å². The maximum atomic E-state index is 6.35. The Morgan fingerprint density at radius 3 is 2.88 bits per heavy atom. The lowest BCUT2D eigenvalue weighted by atomic mass is 10.0. The molecule has 1 aliphatic rings. The number of piperidine rings is 1. The van der Waals surface area contributed by atoms with Crippen molar-refractivity contribution >= 4 is 59.0 Å². The number of halogens is 2. The summed E-state index contributed by atoms with van der Waals surface area (Å²) in [5.74, 6) is 2.13. The van der Waals surface area contributed by atoms with Crippen LogP contribution in [0.2, 0.25) is 5.02 Å². The van der Waals surface area contributed by atoms with Gasteiger partial charge in [-0.2, -0.15) is 11.8 Å². The molecule has 0 saturated carbocycles. The van der Waals surface area contributed by atoms with Crippen LogP contribution in [-0.2, 0) is 0 Å². The van der Waals surface area contributed by atoms with Crippen LogP contribution in [0, 0.1) is 0 Å². The summed E-state index contributed by atoms with van der Waals surface area (Å²) in [6, 6.07) is 8.49. The molecule has 142 valence electrons. The molecule has 1 heterocycles. The highest BCUT2D eigenvalue weighted by atomic mass is 127. The second kappa shape index (κ2) is 12.9. The SMILES string of the molecule is CN=C(NCCCCSC)NC1CCCN(c2ccccc2Cl)C1.I. The molecule has 2 rings (SSSR count). The van der Waals surface area contributed by atoms with Crippen molar-refractivity contribution in [2.24, 2.45) is 4.99 Å². The molecule has 1 atom stereocenters. The topological polar surface area (TPSA) is 39.7 Å². The molecule has 1 fully saturated rings. The number of nitrogens with one attached hydrogen (secondary N) is 2. The van der Waals surface area contributed by atoms with E-state index in [1.54, 1.807) is 0 Å². The van der Waals surface area contributed by atoms with E-state index in [4.69, 9.17) is 11.6 Å². The Hall–Kier alpha value is -0.340. The monoisotopic (exact) mass is 496 g/mol. The van der Waals surface area contributed by atoms with Gasteiger partial charge in [0, 0.05) is 32.7 Å². The summed E-state index contributed by atoms with van der Waals surface area (Å²) >= 11 is 8.25. The number of thioether (sulfide) groups is 1. The lowest BCUT2D eigenvalue weighted by molar-refractivity contribution is 0.468. The first kappa shape index (κ1) is 22.7. The first-order valence-corrected chi connectivity index (χ1v) is 10.5. The van der Waals surface area contributed by atoms with Gasteiger partial charge in [-0.25, -0.2) is 0 Å². The molecule has 7 heteroatoms. The summed E-state index contributed by atoms with van der Waals surface area (Å²) in [6.45, 7) is 2.99. The Balaban J connectivity index is 0.00000312. The minimum atomic E-state index is 0. The lowest BCUT2D eigenvalue weighted by Crippen LogP contribution is -2.51. The molecule has 25 heavy (non-hydrogen) atoms. The predicted octanol–water partition coefficient (Wildman–Crippen LogP) is 4.24. The maximum absolute atomic E-state index is 6.35. The fourth-order valence-corrected chi connectivity index (χ4v) is 3.74. The van der Waals surface area contributed by atoms with Gasteiger partial charge >= 0.3 is 0 Å². The molecule has 1 saturated heterocycles. The van der Waals surface area contributed by atoms with Gasteiger partial charge in [0.15, 0.2) is 5.96 Å².